The molecular formula is C16H21NS. The lowest BCUT2D eigenvalue weighted by atomic mass is 9.95. The molecule has 0 heterocycles. The Hall–Kier alpha value is -0.910. The van der Waals surface area contributed by atoms with Crippen LogP contribution in [0.2, 0.25) is 0 Å². The normalized spacial score (nSPS) is 23.2. The van der Waals surface area contributed by atoms with Crippen molar-refractivity contribution in [2.24, 2.45) is 0 Å². The fourth-order valence-electron chi connectivity index (χ4n) is 2.46. The monoisotopic (exact) mass is 259 g/mol. The van der Waals surface area contributed by atoms with Crippen molar-refractivity contribution in [2.75, 3.05) is 12.8 Å². The van der Waals surface area contributed by atoms with Crippen molar-refractivity contribution in [1.29, 1.82) is 0 Å². The highest BCUT2D eigenvalue weighted by molar-refractivity contribution is 7.99. The summed E-state index contributed by atoms with van der Waals surface area (Å²) in [7, 11) is 0. The van der Waals surface area contributed by atoms with E-state index in [-0.39, 0.29) is 0 Å². The summed E-state index contributed by atoms with van der Waals surface area (Å²) in [5.41, 5.74) is 1.10. The third-order valence-electron chi connectivity index (χ3n) is 3.46. The highest BCUT2D eigenvalue weighted by Gasteiger charge is 2.22. The van der Waals surface area contributed by atoms with Crippen LogP contribution in [-0.4, -0.2) is 24.1 Å². The Labute approximate surface area is 115 Å². The highest BCUT2D eigenvalue weighted by atomic mass is 32.2. The smallest absolute Gasteiger partial charge is 0.0582 e. The Balaban J connectivity index is 1.79. The zero-order valence-corrected chi connectivity index (χ0v) is 11.8. The van der Waals surface area contributed by atoms with Crippen LogP contribution >= 0.6 is 11.8 Å². The lowest BCUT2D eigenvalue weighted by Crippen LogP contribution is -2.40. The van der Waals surface area contributed by atoms with Gasteiger partial charge in [-0.15, -0.1) is 0 Å². The largest absolute Gasteiger partial charge is 0.302 e. The summed E-state index contributed by atoms with van der Waals surface area (Å²) in [5.74, 6) is 6.42. The van der Waals surface area contributed by atoms with Gasteiger partial charge in [-0.2, -0.15) is 11.8 Å². The first-order chi connectivity index (χ1) is 8.90. The zero-order valence-electron chi connectivity index (χ0n) is 11.0. The van der Waals surface area contributed by atoms with E-state index in [1.807, 2.05) is 30.0 Å². The molecule has 1 fully saturated rings. The Bertz CT molecular complexity index is 404. The zero-order chi connectivity index (χ0) is 12.6. The lowest BCUT2D eigenvalue weighted by Gasteiger charge is -2.30. The minimum Gasteiger partial charge on any atom is -0.302 e. The molecule has 1 N–H and O–H groups in total. The maximum atomic E-state index is 3.60. The van der Waals surface area contributed by atoms with Gasteiger partial charge in [-0.1, -0.05) is 42.9 Å². The quantitative estimate of drug-likeness (QED) is 0.836. The average Bonchev–Trinajstić information content (AvgIpc) is 2.45. The first kappa shape index (κ1) is 13.5. The number of rotatable bonds is 3. The van der Waals surface area contributed by atoms with E-state index in [1.54, 1.807) is 0 Å². The summed E-state index contributed by atoms with van der Waals surface area (Å²) in [6, 6.07) is 10.8. The lowest BCUT2D eigenvalue weighted by molar-refractivity contribution is 0.398. The topological polar surface area (TPSA) is 12.0 Å². The van der Waals surface area contributed by atoms with Gasteiger partial charge in [-0.25, -0.2) is 0 Å². The SMILES string of the molecule is CSC1CCCCC1NCC#Cc1ccccc1. The summed E-state index contributed by atoms with van der Waals surface area (Å²) in [6.45, 7) is 0.802. The number of thioether (sulfide) groups is 1. The van der Waals surface area contributed by atoms with Crippen LogP contribution in [0.3, 0.4) is 0 Å². The van der Waals surface area contributed by atoms with Crippen molar-refractivity contribution in [2.45, 2.75) is 37.0 Å². The molecule has 0 bridgehead atoms. The van der Waals surface area contributed by atoms with Gasteiger partial charge in [0.1, 0.15) is 0 Å². The molecule has 1 aromatic carbocycles. The predicted octanol–water partition coefficient (Wildman–Crippen LogP) is 3.30. The van der Waals surface area contributed by atoms with Crippen molar-refractivity contribution in [1.82, 2.24) is 5.32 Å². The third kappa shape index (κ3) is 4.08. The average molecular weight is 259 g/mol. The van der Waals surface area contributed by atoms with Gasteiger partial charge in [0.25, 0.3) is 0 Å². The van der Waals surface area contributed by atoms with Gasteiger partial charge in [0.2, 0.25) is 0 Å². The Morgan fingerprint density at radius 1 is 1.22 bits per heavy atom. The molecular weight excluding hydrogens is 238 g/mol. The van der Waals surface area contributed by atoms with E-state index in [0.29, 0.717) is 6.04 Å². The van der Waals surface area contributed by atoms with E-state index in [4.69, 9.17) is 0 Å². The molecule has 0 saturated heterocycles. The van der Waals surface area contributed by atoms with E-state index in [2.05, 4.69) is 35.5 Å². The van der Waals surface area contributed by atoms with Gasteiger partial charge < -0.3 is 5.32 Å². The van der Waals surface area contributed by atoms with Gasteiger partial charge in [0.15, 0.2) is 0 Å². The summed E-state index contributed by atoms with van der Waals surface area (Å²) >= 11 is 2.00. The number of hydrogen-bond acceptors (Lipinski definition) is 2. The minimum atomic E-state index is 0.652. The number of benzene rings is 1. The number of hydrogen-bond donors (Lipinski definition) is 1. The first-order valence-electron chi connectivity index (χ1n) is 6.70. The summed E-state index contributed by atoms with van der Waals surface area (Å²) in [4.78, 5) is 0. The van der Waals surface area contributed by atoms with Crippen molar-refractivity contribution in [3.63, 3.8) is 0 Å². The molecule has 1 saturated carbocycles. The van der Waals surface area contributed by atoms with Gasteiger partial charge >= 0.3 is 0 Å². The molecule has 0 spiro atoms. The van der Waals surface area contributed by atoms with E-state index in [9.17, 15) is 0 Å². The maximum Gasteiger partial charge on any atom is 0.0582 e. The summed E-state index contributed by atoms with van der Waals surface area (Å²) < 4.78 is 0. The molecule has 0 aromatic heterocycles. The van der Waals surface area contributed by atoms with Crippen LogP contribution in [0.25, 0.3) is 0 Å². The van der Waals surface area contributed by atoms with E-state index < -0.39 is 0 Å². The summed E-state index contributed by atoms with van der Waals surface area (Å²) in [5, 5.41) is 4.37. The Morgan fingerprint density at radius 3 is 2.78 bits per heavy atom. The molecule has 2 unspecified atom stereocenters. The summed E-state index contributed by atoms with van der Waals surface area (Å²) in [6.07, 6.45) is 7.63. The van der Waals surface area contributed by atoms with E-state index >= 15 is 0 Å². The van der Waals surface area contributed by atoms with Crippen LogP contribution in [0.4, 0.5) is 0 Å². The molecule has 1 aliphatic carbocycles. The maximum absolute atomic E-state index is 3.60. The second kappa shape index (κ2) is 7.51. The van der Waals surface area contributed by atoms with Crippen LogP contribution < -0.4 is 5.32 Å². The minimum absolute atomic E-state index is 0.652. The van der Waals surface area contributed by atoms with Crippen LogP contribution in [0.1, 0.15) is 31.2 Å². The molecule has 96 valence electrons. The Morgan fingerprint density at radius 2 is 2.00 bits per heavy atom. The van der Waals surface area contributed by atoms with E-state index in [0.717, 1.165) is 17.4 Å². The van der Waals surface area contributed by atoms with Crippen LogP contribution in [0, 0.1) is 11.8 Å². The molecule has 18 heavy (non-hydrogen) atoms. The molecule has 1 aliphatic rings. The van der Waals surface area contributed by atoms with Crippen molar-refractivity contribution >= 4 is 11.8 Å². The first-order valence-corrected chi connectivity index (χ1v) is 7.99. The second-order valence-corrected chi connectivity index (χ2v) is 5.79. The molecule has 2 heteroatoms. The fourth-order valence-corrected chi connectivity index (χ4v) is 3.43. The van der Waals surface area contributed by atoms with Crippen LogP contribution in [-0.2, 0) is 0 Å². The molecule has 0 aliphatic heterocycles. The number of nitrogens with one attached hydrogen (secondary N) is 1. The molecule has 2 rings (SSSR count). The van der Waals surface area contributed by atoms with Gasteiger partial charge in [0.05, 0.1) is 6.54 Å². The second-order valence-electron chi connectivity index (χ2n) is 4.71. The van der Waals surface area contributed by atoms with Gasteiger partial charge in [-0.05, 0) is 31.2 Å². The van der Waals surface area contributed by atoms with Crippen molar-refractivity contribution in [3.05, 3.63) is 35.9 Å². The standard InChI is InChI=1S/C16H21NS/c1-18-16-12-6-5-11-15(16)17-13-7-10-14-8-3-2-4-9-14/h2-4,8-9,15-17H,5-6,11-13H2,1H3. The third-order valence-corrected chi connectivity index (χ3v) is 4.63. The Kier molecular flexibility index (Phi) is 5.64. The molecule has 0 amide bonds. The predicted molar refractivity (Wildman–Crippen MR) is 80.9 cm³/mol. The van der Waals surface area contributed by atoms with Crippen LogP contribution in [0.15, 0.2) is 30.3 Å². The fraction of sp³-hybridized carbons (Fsp3) is 0.500. The molecule has 0 radical (unpaired) electrons. The molecule has 2 atom stereocenters. The van der Waals surface area contributed by atoms with Gasteiger partial charge in [-0.3, -0.25) is 0 Å². The molecule has 1 nitrogen and oxygen atoms in total. The van der Waals surface area contributed by atoms with Crippen molar-refractivity contribution in [3.8, 4) is 11.8 Å². The van der Waals surface area contributed by atoms with Crippen LogP contribution in [0.5, 0.6) is 0 Å². The highest BCUT2D eigenvalue weighted by Crippen LogP contribution is 2.26. The van der Waals surface area contributed by atoms with E-state index in [1.165, 1.54) is 25.7 Å². The van der Waals surface area contributed by atoms with Gasteiger partial charge in [0, 0.05) is 16.9 Å². The van der Waals surface area contributed by atoms with Crippen molar-refractivity contribution < 1.29 is 0 Å². The molecule has 1 aromatic rings.